The van der Waals surface area contributed by atoms with Gasteiger partial charge in [-0.3, -0.25) is 4.79 Å². The number of aliphatic hydroxyl groups excluding tert-OH is 5. The summed E-state index contributed by atoms with van der Waals surface area (Å²) in [6, 6.07) is -0.717. The van der Waals surface area contributed by atoms with E-state index in [-0.39, 0.29) is 12.5 Å². The standard InChI is InChI=1S/C63H123NO8/c1-3-5-7-9-11-13-15-17-19-21-23-25-27-28-29-30-31-33-35-37-39-41-43-45-47-49-51-53-59(67)64-56(55-71-63-62(70)61(69)60(68)58(54-65)72-63)57(66)52-50-48-46-44-42-40-38-36-34-32-26-24-22-20-18-16-14-12-10-8-6-4-2/h28-29,56-58,60-63,65-66,68-70H,3-27,30-55H2,1-2H3,(H,64,67)/b29-28-. The molecule has 1 rings (SSSR count). The van der Waals surface area contributed by atoms with Crippen LogP contribution >= 0.6 is 0 Å². The minimum atomic E-state index is -1.55. The molecule has 1 aliphatic rings. The molecule has 7 atom stereocenters. The molecule has 0 aromatic heterocycles. The zero-order valence-electron chi connectivity index (χ0n) is 47.7. The molecule has 0 aromatic rings. The average Bonchev–Trinajstić information content (AvgIpc) is 3.38. The molecule has 428 valence electrons. The highest BCUT2D eigenvalue weighted by molar-refractivity contribution is 5.76. The lowest BCUT2D eigenvalue weighted by molar-refractivity contribution is -0.302. The van der Waals surface area contributed by atoms with Crippen LogP contribution in [0.3, 0.4) is 0 Å². The molecule has 0 spiro atoms. The molecule has 9 nitrogen and oxygen atoms in total. The summed E-state index contributed by atoms with van der Waals surface area (Å²) in [4.78, 5) is 13.1. The van der Waals surface area contributed by atoms with Gasteiger partial charge in [-0.25, -0.2) is 0 Å². The van der Waals surface area contributed by atoms with E-state index in [1.54, 1.807) is 0 Å². The van der Waals surface area contributed by atoms with E-state index >= 15 is 0 Å². The Hall–Kier alpha value is -1.07. The Labute approximate surface area is 446 Å². The molecule has 0 bridgehead atoms. The van der Waals surface area contributed by atoms with Crippen LogP contribution in [0.5, 0.6) is 0 Å². The molecule has 9 heteroatoms. The molecule has 1 saturated heterocycles. The molecule has 1 heterocycles. The van der Waals surface area contributed by atoms with Gasteiger partial charge in [0.15, 0.2) is 6.29 Å². The van der Waals surface area contributed by atoms with Crippen LogP contribution in [0.1, 0.15) is 328 Å². The van der Waals surface area contributed by atoms with Crippen molar-refractivity contribution in [1.82, 2.24) is 5.32 Å². The Bertz CT molecular complexity index is 1140. The van der Waals surface area contributed by atoms with Crippen LogP contribution in [0.4, 0.5) is 0 Å². The van der Waals surface area contributed by atoms with Gasteiger partial charge in [0.1, 0.15) is 24.4 Å². The van der Waals surface area contributed by atoms with Crippen molar-refractivity contribution in [2.75, 3.05) is 13.2 Å². The molecule has 0 radical (unpaired) electrons. The van der Waals surface area contributed by atoms with E-state index in [1.165, 1.54) is 263 Å². The number of amides is 1. The minimum absolute atomic E-state index is 0.133. The molecule has 1 aliphatic heterocycles. The first-order valence-corrected chi connectivity index (χ1v) is 31.9. The predicted molar refractivity (Wildman–Crippen MR) is 304 cm³/mol. The molecule has 1 fully saturated rings. The van der Waals surface area contributed by atoms with Crippen molar-refractivity contribution in [2.24, 2.45) is 0 Å². The van der Waals surface area contributed by atoms with E-state index in [9.17, 15) is 30.3 Å². The second-order valence-corrected chi connectivity index (χ2v) is 22.6. The Morgan fingerprint density at radius 2 is 0.778 bits per heavy atom. The number of rotatable bonds is 56. The quantitative estimate of drug-likeness (QED) is 0.0261. The maximum Gasteiger partial charge on any atom is 0.220 e. The van der Waals surface area contributed by atoms with Gasteiger partial charge >= 0.3 is 0 Å². The first-order chi connectivity index (χ1) is 35.3. The molecular weight excluding hydrogens is 899 g/mol. The maximum atomic E-state index is 13.1. The summed E-state index contributed by atoms with van der Waals surface area (Å²) in [7, 11) is 0. The zero-order chi connectivity index (χ0) is 52.2. The third kappa shape index (κ3) is 42.1. The van der Waals surface area contributed by atoms with E-state index in [1.807, 2.05) is 0 Å². The Morgan fingerprint density at radius 3 is 1.12 bits per heavy atom. The van der Waals surface area contributed by atoms with Gasteiger partial charge in [-0.05, 0) is 38.5 Å². The van der Waals surface area contributed by atoms with E-state index < -0.39 is 49.5 Å². The molecular formula is C63H123NO8. The lowest BCUT2D eigenvalue weighted by atomic mass is 9.99. The smallest absolute Gasteiger partial charge is 0.220 e. The number of carbonyl (C=O) groups excluding carboxylic acids is 1. The fraction of sp³-hybridized carbons (Fsp3) is 0.952. The number of unbranched alkanes of at least 4 members (excludes halogenated alkanes) is 44. The van der Waals surface area contributed by atoms with Crippen molar-refractivity contribution in [2.45, 2.75) is 371 Å². The van der Waals surface area contributed by atoms with Crippen molar-refractivity contribution in [3.8, 4) is 0 Å². The third-order valence-corrected chi connectivity index (χ3v) is 15.6. The van der Waals surface area contributed by atoms with Crippen LogP contribution in [0, 0.1) is 0 Å². The Balaban J connectivity index is 2.15. The second kappa shape index (κ2) is 53.3. The second-order valence-electron chi connectivity index (χ2n) is 22.6. The van der Waals surface area contributed by atoms with Gasteiger partial charge in [0.2, 0.25) is 5.91 Å². The van der Waals surface area contributed by atoms with Gasteiger partial charge in [-0.15, -0.1) is 0 Å². The lowest BCUT2D eigenvalue weighted by Gasteiger charge is -2.40. The predicted octanol–water partition coefficient (Wildman–Crippen LogP) is 16.4. The number of carbonyl (C=O) groups is 1. The van der Waals surface area contributed by atoms with Gasteiger partial charge in [0.05, 0.1) is 25.4 Å². The minimum Gasteiger partial charge on any atom is -0.394 e. The first-order valence-electron chi connectivity index (χ1n) is 31.9. The highest BCUT2D eigenvalue weighted by Crippen LogP contribution is 2.24. The summed E-state index contributed by atoms with van der Waals surface area (Å²) in [6.07, 6.45) is 59.7. The van der Waals surface area contributed by atoms with Crippen molar-refractivity contribution in [3.05, 3.63) is 12.2 Å². The largest absolute Gasteiger partial charge is 0.394 e. The number of aliphatic hydroxyl groups is 5. The summed E-state index contributed by atoms with van der Waals surface area (Å²) < 4.78 is 11.3. The normalized spacial score (nSPS) is 19.1. The van der Waals surface area contributed by atoms with Crippen LogP contribution < -0.4 is 5.32 Å². The van der Waals surface area contributed by atoms with E-state index in [2.05, 4.69) is 31.3 Å². The van der Waals surface area contributed by atoms with Crippen molar-refractivity contribution in [3.63, 3.8) is 0 Å². The molecule has 0 aromatic carbocycles. The van der Waals surface area contributed by atoms with E-state index in [0.717, 1.165) is 38.5 Å². The van der Waals surface area contributed by atoms with E-state index in [4.69, 9.17) is 9.47 Å². The molecule has 7 unspecified atom stereocenters. The lowest BCUT2D eigenvalue weighted by Crippen LogP contribution is -2.60. The van der Waals surface area contributed by atoms with Crippen LogP contribution in [-0.2, 0) is 14.3 Å². The highest BCUT2D eigenvalue weighted by atomic mass is 16.7. The fourth-order valence-corrected chi connectivity index (χ4v) is 10.6. The SMILES string of the molecule is CCCCCCCCCCCCCC/C=C\CCCCCCCCCCCCCC(=O)NC(COC1OC(CO)C(O)C(O)C1O)C(O)CCCCCCCCCCCCCCCCCCCCCCCC. The van der Waals surface area contributed by atoms with Gasteiger partial charge in [0.25, 0.3) is 0 Å². The zero-order valence-corrected chi connectivity index (χ0v) is 47.7. The summed E-state index contributed by atoms with van der Waals surface area (Å²) >= 11 is 0. The highest BCUT2D eigenvalue weighted by Gasteiger charge is 2.44. The summed E-state index contributed by atoms with van der Waals surface area (Å²) in [5.74, 6) is -0.138. The number of hydrogen-bond acceptors (Lipinski definition) is 8. The third-order valence-electron chi connectivity index (χ3n) is 15.6. The van der Waals surface area contributed by atoms with Gasteiger partial charge in [0, 0.05) is 6.42 Å². The Kier molecular flexibility index (Phi) is 51.1. The number of allylic oxidation sites excluding steroid dienone is 2. The molecule has 72 heavy (non-hydrogen) atoms. The van der Waals surface area contributed by atoms with Gasteiger partial charge in [-0.1, -0.05) is 296 Å². The number of nitrogens with one attached hydrogen (secondary N) is 1. The van der Waals surface area contributed by atoms with E-state index in [0.29, 0.717) is 12.8 Å². The molecule has 1 amide bonds. The number of ether oxygens (including phenoxy) is 2. The molecule has 0 aliphatic carbocycles. The average molecular weight is 1020 g/mol. The van der Waals surface area contributed by atoms with Crippen molar-refractivity contribution < 1.29 is 39.8 Å². The summed E-state index contributed by atoms with van der Waals surface area (Å²) in [5, 5.41) is 54.8. The van der Waals surface area contributed by atoms with Crippen molar-refractivity contribution >= 4 is 5.91 Å². The first kappa shape index (κ1) is 68.9. The van der Waals surface area contributed by atoms with Crippen LogP contribution in [-0.4, -0.2) is 87.5 Å². The fourth-order valence-electron chi connectivity index (χ4n) is 10.6. The van der Waals surface area contributed by atoms with Crippen molar-refractivity contribution in [1.29, 1.82) is 0 Å². The number of hydrogen-bond donors (Lipinski definition) is 6. The monoisotopic (exact) mass is 1020 g/mol. The summed E-state index contributed by atoms with van der Waals surface area (Å²) in [5.41, 5.74) is 0. The van der Waals surface area contributed by atoms with Gasteiger partial charge in [-0.2, -0.15) is 0 Å². The molecule has 6 N–H and O–H groups in total. The van der Waals surface area contributed by atoms with Crippen LogP contribution in [0.25, 0.3) is 0 Å². The topological polar surface area (TPSA) is 149 Å². The maximum absolute atomic E-state index is 13.1. The van der Waals surface area contributed by atoms with Crippen LogP contribution in [0.2, 0.25) is 0 Å². The Morgan fingerprint density at radius 1 is 0.458 bits per heavy atom. The summed E-state index contributed by atoms with van der Waals surface area (Å²) in [6.45, 7) is 3.89. The molecule has 0 saturated carbocycles. The van der Waals surface area contributed by atoms with Gasteiger partial charge < -0.3 is 40.3 Å². The van der Waals surface area contributed by atoms with Crippen LogP contribution in [0.15, 0.2) is 12.2 Å².